The van der Waals surface area contributed by atoms with Gasteiger partial charge in [-0.25, -0.2) is 4.79 Å². The third-order valence-electron chi connectivity index (χ3n) is 5.42. The van der Waals surface area contributed by atoms with E-state index in [1.165, 1.54) is 6.92 Å². The van der Waals surface area contributed by atoms with Crippen LogP contribution >= 0.6 is 0 Å². The molecule has 0 saturated heterocycles. The van der Waals surface area contributed by atoms with E-state index in [-0.39, 0.29) is 37.3 Å². The molecule has 0 aliphatic rings. The molecule has 0 spiro atoms. The normalized spacial score (nSPS) is 13.1. The molecule has 36 heavy (non-hydrogen) atoms. The maximum atomic E-state index is 13.1. The summed E-state index contributed by atoms with van der Waals surface area (Å²) in [6, 6.07) is 29.0. The van der Waals surface area contributed by atoms with Gasteiger partial charge in [-0.1, -0.05) is 97.9 Å². The minimum atomic E-state index is -0.627. The molecule has 1 N–H and O–H groups in total. The van der Waals surface area contributed by atoms with Crippen LogP contribution in [-0.4, -0.2) is 30.2 Å². The summed E-state index contributed by atoms with van der Waals surface area (Å²) < 4.78 is 16.9. The Bertz CT molecular complexity index is 1120. The van der Waals surface area contributed by atoms with Crippen LogP contribution in [0, 0.1) is 5.92 Å². The first-order valence-corrected chi connectivity index (χ1v) is 11.9. The molecule has 0 fully saturated rings. The van der Waals surface area contributed by atoms with Crippen LogP contribution in [0.3, 0.4) is 0 Å². The predicted octanol–water partition coefficient (Wildman–Crippen LogP) is 6.03. The first kappa shape index (κ1) is 26.9. The number of esters is 1. The van der Waals surface area contributed by atoms with E-state index in [4.69, 9.17) is 19.2 Å². The average molecular weight is 488 g/mol. The summed E-state index contributed by atoms with van der Waals surface area (Å²) in [5, 5.41) is 10.5. The Morgan fingerprint density at radius 3 is 1.89 bits per heavy atom. The summed E-state index contributed by atoms with van der Waals surface area (Å²) in [6.07, 6.45) is 0. The van der Waals surface area contributed by atoms with Gasteiger partial charge in [0.2, 0.25) is 0 Å². The fourth-order valence-electron chi connectivity index (χ4n) is 3.57. The summed E-state index contributed by atoms with van der Waals surface area (Å²) >= 11 is 0. The number of nitrogens with zero attached hydrogens (tertiary/aromatic N) is 1. The van der Waals surface area contributed by atoms with E-state index >= 15 is 0 Å². The van der Waals surface area contributed by atoms with Crippen molar-refractivity contribution in [2.24, 2.45) is 10.9 Å². The number of carbonyl (C=O) groups excluding carboxylic acids is 1. The second-order valence-corrected chi connectivity index (χ2v) is 8.43. The molecule has 0 bridgehead atoms. The molecule has 3 rings (SSSR count). The molecule has 0 amide bonds. The fourth-order valence-corrected chi connectivity index (χ4v) is 3.57. The largest absolute Gasteiger partial charge is 0.512 e. The lowest BCUT2D eigenvalue weighted by Crippen LogP contribution is -2.26. The zero-order valence-electron chi connectivity index (χ0n) is 20.8. The van der Waals surface area contributed by atoms with Gasteiger partial charge in [0.05, 0.1) is 25.5 Å². The monoisotopic (exact) mass is 487 g/mol. The second-order valence-electron chi connectivity index (χ2n) is 8.43. The van der Waals surface area contributed by atoms with E-state index < -0.39 is 5.97 Å². The van der Waals surface area contributed by atoms with Crippen molar-refractivity contribution in [2.45, 2.75) is 33.6 Å². The second kappa shape index (κ2) is 14.6. The molecule has 0 unspecified atom stereocenters. The quantitative estimate of drug-likeness (QED) is 0.0795. The van der Waals surface area contributed by atoms with Crippen LogP contribution in [0.5, 0.6) is 0 Å². The standard InChI is InChI=1S/C30H33NO5/c1-23(19-34-22-35-20-26-14-8-4-9-15-26)29(31-18-25-12-6-3-7-13-25)28(24(2)32)30(33)36-21-27-16-10-5-11-17-27/h3-17,23,32H,18-22H2,1-2H3/t23-/m0/s1. The molecule has 3 aromatic carbocycles. The predicted molar refractivity (Wildman–Crippen MR) is 140 cm³/mol. The summed E-state index contributed by atoms with van der Waals surface area (Å²) in [6.45, 7) is 4.61. The topological polar surface area (TPSA) is 77.4 Å². The Morgan fingerprint density at radius 2 is 1.33 bits per heavy atom. The SMILES string of the molecule is CC(O)=C(C(=O)OCc1ccccc1)C(=NCc1ccccc1)[C@@H](C)COCOCc1ccccc1. The van der Waals surface area contributed by atoms with E-state index in [1.807, 2.05) is 97.9 Å². The van der Waals surface area contributed by atoms with Crippen molar-refractivity contribution < 1.29 is 24.1 Å². The highest BCUT2D eigenvalue weighted by atomic mass is 16.7. The lowest BCUT2D eigenvalue weighted by Gasteiger charge is -2.19. The third kappa shape index (κ3) is 8.80. The number of aliphatic imine (C=N–C) groups is 1. The van der Waals surface area contributed by atoms with Crippen molar-refractivity contribution in [3.05, 3.63) is 119 Å². The number of ether oxygens (including phenoxy) is 3. The van der Waals surface area contributed by atoms with Gasteiger partial charge in [0.25, 0.3) is 0 Å². The number of carbonyl (C=O) groups is 1. The van der Waals surface area contributed by atoms with Crippen LogP contribution < -0.4 is 0 Å². The van der Waals surface area contributed by atoms with Crippen LogP contribution in [0.1, 0.15) is 30.5 Å². The van der Waals surface area contributed by atoms with Crippen LogP contribution in [0.25, 0.3) is 0 Å². The van der Waals surface area contributed by atoms with Gasteiger partial charge < -0.3 is 19.3 Å². The van der Waals surface area contributed by atoms with Crippen LogP contribution in [-0.2, 0) is 38.8 Å². The van der Waals surface area contributed by atoms with Gasteiger partial charge in [0, 0.05) is 5.92 Å². The Labute approximate surface area is 212 Å². The molecule has 0 aliphatic heterocycles. The number of hydrogen-bond donors (Lipinski definition) is 1. The smallest absolute Gasteiger partial charge is 0.343 e. The molecule has 1 atom stereocenters. The van der Waals surface area contributed by atoms with E-state index in [1.54, 1.807) is 0 Å². The molecule has 188 valence electrons. The highest BCUT2D eigenvalue weighted by Crippen LogP contribution is 2.18. The summed E-state index contributed by atoms with van der Waals surface area (Å²) in [5.74, 6) is -1.07. The van der Waals surface area contributed by atoms with Gasteiger partial charge in [-0.05, 0) is 23.6 Å². The van der Waals surface area contributed by atoms with Crippen molar-refractivity contribution in [3.63, 3.8) is 0 Å². The first-order valence-electron chi connectivity index (χ1n) is 11.9. The third-order valence-corrected chi connectivity index (χ3v) is 5.42. The maximum absolute atomic E-state index is 13.1. The molecule has 6 nitrogen and oxygen atoms in total. The minimum Gasteiger partial charge on any atom is -0.512 e. The average Bonchev–Trinajstić information content (AvgIpc) is 2.91. The molecule has 6 heteroatoms. The van der Waals surface area contributed by atoms with E-state index in [9.17, 15) is 9.90 Å². The van der Waals surface area contributed by atoms with Gasteiger partial charge in [-0.15, -0.1) is 0 Å². The lowest BCUT2D eigenvalue weighted by molar-refractivity contribution is -0.139. The number of allylic oxidation sites excluding steroid dienone is 1. The highest BCUT2D eigenvalue weighted by Gasteiger charge is 2.26. The minimum absolute atomic E-state index is 0.0585. The van der Waals surface area contributed by atoms with Gasteiger partial charge in [-0.2, -0.15) is 0 Å². The Balaban J connectivity index is 1.68. The number of aliphatic hydroxyl groups is 1. The molecule has 3 aromatic rings. The van der Waals surface area contributed by atoms with Gasteiger partial charge in [0.15, 0.2) is 0 Å². The maximum Gasteiger partial charge on any atom is 0.343 e. The summed E-state index contributed by atoms with van der Waals surface area (Å²) in [4.78, 5) is 17.8. The van der Waals surface area contributed by atoms with E-state index in [2.05, 4.69) is 0 Å². The fraction of sp³-hybridized carbons (Fsp3) is 0.267. The summed E-state index contributed by atoms with van der Waals surface area (Å²) in [5.41, 5.74) is 3.39. The molecule has 0 radical (unpaired) electrons. The van der Waals surface area contributed by atoms with Crippen molar-refractivity contribution >= 4 is 11.7 Å². The van der Waals surface area contributed by atoms with Crippen molar-refractivity contribution in [3.8, 4) is 0 Å². The van der Waals surface area contributed by atoms with Crippen molar-refractivity contribution in [1.29, 1.82) is 0 Å². The molecule has 0 aliphatic carbocycles. The Hall–Kier alpha value is -3.74. The Kier molecular flexibility index (Phi) is 10.9. The number of rotatable bonds is 13. The van der Waals surface area contributed by atoms with Gasteiger partial charge in [-0.3, -0.25) is 4.99 Å². The van der Waals surface area contributed by atoms with Crippen LogP contribution in [0.4, 0.5) is 0 Å². The van der Waals surface area contributed by atoms with Crippen molar-refractivity contribution in [2.75, 3.05) is 13.4 Å². The van der Waals surface area contributed by atoms with Crippen LogP contribution in [0.15, 0.2) is 107 Å². The first-order chi connectivity index (χ1) is 17.5. The number of hydrogen-bond acceptors (Lipinski definition) is 6. The van der Waals surface area contributed by atoms with Gasteiger partial charge in [0.1, 0.15) is 24.7 Å². The van der Waals surface area contributed by atoms with E-state index in [0.717, 1.165) is 16.7 Å². The molecular formula is C30H33NO5. The van der Waals surface area contributed by atoms with E-state index in [0.29, 0.717) is 18.9 Å². The number of aliphatic hydroxyl groups excluding tert-OH is 1. The molecule has 0 heterocycles. The lowest BCUT2D eigenvalue weighted by atomic mass is 9.97. The number of benzene rings is 3. The zero-order valence-corrected chi connectivity index (χ0v) is 20.8. The Morgan fingerprint density at radius 1 is 0.806 bits per heavy atom. The van der Waals surface area contributed by atoms with Crippen LogP contribution in [0.2, 0.25) is 0 Å². The van der Waals surface area contributed by atoms with Gasteiger partial charge >= 0.3 is 5.97 Å². The highest BCUT2D eigenvalue weighted by molar-refractivity contribution is 6.20. The summed E-state index contributed by atoms with van der Waals surface area (Å²) in [7, 11) is 0. The molecule has 0 saturated carbocycles. The molecule has 0 aromatic heterocycles. The zero-order chi connectivity index (χ0) is 25.6. The molecular weight excluding hydrogens is 454 g/mol. The van der Waals surface area contributed by atoms with Crippen molar-refractivity contribution in [1.82, 2.24) is 0 Å².